The molecule has 1 amide bonds. The van der Waals surface area contributed by atoms with Gasteiger partial charge in [-0.1, -0.05) is 70.0 Å². The van der Waals surface area contributed by atoms with E-state index in [1.165, 1.54) is 4.90 Å². The number of ether oxygens (including phenoxy) is 2. The zero-order chi connectivity index (χ0) is 28.4. The topological polar surface area (TPSA) is 76.1 Å². The highest BCUT2D eigenvalue weighted by atomic mass is 79.9. The predicted octanol–water partition coefficient (Wildman–Crippen LogP) is 6.73. The van der Waals surface area contributed by atoms with Gasteiger partial charge >= 0.3 is 5.97 Å². The first-order valence-corrected chi connectivity index (χ1v) is 14.7. The summed E-state index contributed by atoms with van der Waals surface area (Å²) in [6, 6.07) is 23.3. The number of halogens is 2. The summed E-state index contributed by atoms with van der Waals surface area (Å²) in [5, 5.41) is 10.3. The summed E-state index contributed by atoms with van der Waals surface area (Å²) >= 11 is 9.94. The van der Waals surface area contributed by atoms with E-state index in [9.17, 15) is 14.7 Å². The van der Waals surface area contributed by atoms with Crippen molar-refractivity contribution in [3.05, 3.63) is 99.0 Å². The van der Waals surface area contributed by atoms with Crippen LogP contribution in [0.4, 0.5) is 0 Å². The van der Waals surface area contributed by atoms with Crippen LogP contribution in [0, 0.1) is 11.8 Å². The minimum absolute atomic E-state index is 0.132. The van der Waals surface area contributed by atoms with Crippen molar-refractivity contribution in [1.29, 1.82) is 0 Å². The molecule has 2 aliphatic rings. The number of benzene rings is 3. The summed E-state index contributed by atoms with van der Waals surface area (Å²) in [7, 11) is 0. The lowest BCUT2D eigenvalue weighted by Crippen LogP contribution is -2.55. The standard InChI is InChI=1S/C32H33BrClNO5/c1-32(2)26-18-25(31(38)35(19-29(36)37)14-13-20-7-4-3-5-8-20)28(16-21-9-6-10-22(33)15-21)39-30(26)24-17-23(34)11-12-27(24)40-32/h3-12,15,17,25-26,28,30H,13-14,16,18-19H2,1-2H3,(H,36,37)/t25-,26-,28-,30+/m1/s1. The predicted molar refractivity (Wildman–Crippen MR) is 158 cm³/mol. The minimum atomic E-state index is -1.04. The SMILES string of the molecule is CC1(C)Oc2ccc(Cl)cc2[C@@H]2O[C@H](Cc3cccc(Br)c3)[C@H](C(=O)N(CCc3ccccc3)CC(=O)O)C[C@H]21. The molecule has 0 radical (unpaired) electrons. The molecule has 0 aliphatic carbocycles. The van der Waals surface area contributed by atoms with Crippen LogP contribution in [0.1, 0.15) is 43.1 Å². The third-order valence-corrected chi connectivity index (χ3v) is 8.71. The van der Waals surface area contributed by atoms with Gasteiger partial charge in [0.2, 0.25) is 5.91 Å². The Labute approximate surface area is 248 Å². The molecule has 0 unspecified atom stereocenters. The van der Waals surface area contributed by atoms with Gasteiger partial charge in [0, 0.05) is 27.5 Å². The zero-order valence-corrected chi connectivity index (χ0v) is 24.9. The Hall–Kier alpha value is -2.87. The fraction of sp³-hybridized carbons (Fsp3) is 0.375. The maximum absolute atomic E-state index is 14.2. The van der Waals surface area contributed by atoms with E-state index in [0.717, 1.165) is 26.9 Å². The second-order valence-electron chi connectivity index (χ2n) is 11.2. The molecular formula is C32H33BrClNO5. The van der Waals surface area contributed by atoms with Crippen molar-refractivity contribution in [3.63, 3.8) is 0 Å². The first-order chi connectivity index (χ1) is 19.1. The molecule has 6 nitrogen and oxygen atoms in total. The fourth-order valence-corrected chi connectivity index (χ4v) is 6.61. The maximum atomic E-state index is 14.2. The molecule has 1 N–H and O–H groups in total. The van der Waals surface area contributed by atoms with E-state index in [2.05, 4.69) is 15.9 Å². The zero-order valence-electron chi connectivity index (χ0n) is 22.6. The van der Waals surface area contributed by atoms with Crippen molar-refractivity contribution in [2.75, 3.05) is 13.1 Å². The van der Waals surface area contributed by atoms with E-state index in [1.807, 2.05) is 80.6 Å². The van der Waals surface area contributed by atoms with Crippen LogP contribution in [-0.4, -0.2) is 46.7 Å². The summed E-state index contributed by atoms with van der Waals surface area (Å²) in [6.07, 6.45) is 0.807. The van der Waals surface area contributed by atoms with Crippen molar-refractivity contribution in [3.8, 4) is 5.75 Å². The Kier molecular flexibility index (Phi) is 8.55. The maximum Gasteiger partial charge on any atom is 0.323 e. The summed E-state index contributed by atoms with van der Waals surface area (Å²) < 4.78 is 14.2. The number of amides is 1. The highest BCUT2D eigenvalue weighted by Crippen LogP contribution is 2.53. The molecule has 5 rings (SSSR count). The average molecular weight is 627 g/mol. The first kappa shape index (κ1) is 28.7. The van der Waals surface area contributed by atoms with E-state index >= 15 is 0 Å². The normalized spacial score (nSPS) is 22.9. The number of nitrogens with zero attached hydrogens (tertiary/aromatic N) is 1. The summed E-state index contributed by atoms with van der Waals surface area (Å²) in [4.78, 5) is 27.5. The third-order valence-electron chi connectivity index (χ3n) is 7.98. The number of fused-ring (bicyclic) bond motifs is 3. The van der Waals surface area contributed by atoms with Gasteiger partial charge in [-0.05, 0) is 74.6 Å². The van der Waals surface area contributed by atoms with Gasteiger partial charge in [0.25, 0.3) is 0 Å². The van der Waals surface area contributed by atoms with Gasteiger partial charge < -0.3 is 19.5 Å². The molecule has 40 heavy (non-hydrogen) atoms. The summed E-state index contributed by atoms with van der Waals surface area (Å²) in [6.45, 7) is 3.98. The number of hydrogen-bond donors (Lipinski definition) is 1. The Morgan fingerprint density at radius 3 is 2.52 bits per heavy atom. The van der Waals surface area contributed by atoms with Crippen LogP contribution < -0.4 is 4.74 Å². The van der Waals surface area contributed by atoms with Gasteiger partial charge in [0.05, 0.1) is 18.1 Å². The van der Waals surface area contributed by atoms with Crippen LogP contribution in [0.2, 0.25) is 5.02 Å². The van der Waals surface area contributed by atoms with Crippen LogP contribution >= 0.6 is 27.5 Å². The van der Waals surface area contributed by atoms with Crippen molar-refractivity contribution < 1.29 is 24.2 Å². The number of carbonyl (C=O) groups is 2. The Balaban J connectivity index is 1.48. The van der Waals surface area contributed by atoms with Crippen molar-refractivity contribution >= 4 is 39.4 Å². The molecule has 0 bridgehead atoms. The van der Waals surface area contributed by atoms with Gasteiger partial charge in [0.1, 0.15) is 17.9 Å². The molecule has 0 aromatic heterocycles. The summed E-state index contributed by atoms with van der Waals surface area (Å²) in [5.74, 6) is -1.18. The number of carbonyl (C=O) groups excluding carboxylic acids is 1. The van der Waals surface area contributed by atoms with Crippen LogP contribution in [0.3, 0.4) is 0 Å². The van der Waals surface area contributed by atoms with E-state index in [-0.39, 0.29) is 24.5 Å². The Morgan fingerprint density at radius 2 is 1.80 bits per heavy atom. The van der Waals surface area contributed by atoms with E-state index in [4.69, 9.17) is 21.1 Å². The minimum Gasteiger partial charge on any atom is -0.487 e. The third kappa shape index (κ3) is 6.37. The van der Waals surface area contributed by atoms with Crippen LogP contribution in [0.25, 0.3) is 0 Å². The molecule has 1 saturated heterocycles. The van der Waals surface area contributed by atoms with E-state index in [1.54, 1.807) is 6.07 Å². The van der Waals surface area contributed by atoms with Gasteiger partial charge in [-0.3, -0.25) is 9.59 Å². The van der Waals surface area contributed by atoms with Gasteiger partial charge in [-0.15, -0.1) is 0 Å². The molecule has 0 spiro atoms. The van der Waals surface area contributed by atoms with Crippen LogP contribution in [0.15, 0.2) is 77.3 Å². The van der Waals surface area contributed by atoms with Crippen LogP contribution in [-0.2, 0) is 27.2 Å². The number of rotatable bonds is 8. The van der Waals surface area contributed by atoms with Gasteiger partial charge in [-0.25, -0.2) is 0 Å². The van der Waals surface area contributed by atoms with Crippen molar-refractivity contribution in [2.24, 2.45) is 11.8 Å². The van der Waals surface area contributed by atoms with E-state index < -0.39 is 23.6 Å². The Bertz CT molecular complexity index is 1380. The number of carboxylic acid groups (broad SMARTS) is 1. The van der Waals surface area contributed by atoms with Gasteiger partial charge in [0.15, 0.2) is 0 Å². The second kappa shape index (κ2) is 11.9. The van der Waals surface area contributed by atoms with Gasteiger partial charge in [-0.2, -0.15) is 0 Å². The monoisotopic (exact) mass is 625 g/mol. The second-order valence-corrected chi connectivity index (χ2v) is 12.5. The van der Waals surface area contributed by atoms with Crippen molar-refractivity contribution in [2.45, 2.75) is 50.9 Å². The average Bonchev–Trinajstić information content (AvgIpc) is 2.91. The lowest BCUT2D eigenvalue weighted by molar-refractivity contribution is -0.184. The molecule has 8 heteroatoms. The molecule has 2 aliphatic heterocycles. The molecular weight excluding hydrogens is 594 g/mol. The molecule has 4 atom stereocenters. The molecule has 2 heterocycles. The molecule has 1 fully saturated rings. The van der Waals surface area contributed by atoms with Crippen LogP contribution in [0.5, 0.6) is 5.75 Å². The lowest BCUT2D eigenvalue weighted by atomic mass is 9.71. The molecule has 3 aromatic carbocycles. The number of hydrogen-bond acceptors (Lipinski definition) is 4. The van der Waals surface area contributed by atoms with E-state index in [0.29, 0.717) is 30.8 Å². The molecule has 3 aromatic rings. The highest BCUT2D eigenvalue weighted by molar-refractivity contribution is 9.10. The van der Waals surface area contributed by atoms with Crippen molar-refractivity contribution in [1.82, 2.24) is 4.90 Å². The number of carboxylic acids is 1. The molecule has 0 saturated carbocycles. The smallest absolute Gasteiger partial charge is 0.323 e. The lowest BCUT2D eigenvalue weighted by Gasteiger charge is -2.51. The quantitative estimate of drug-likeness (QED) is 0.300. The summed E-state index contributed by atoms with van der Waals surface area (Å²) in [5.41, 5.74) is 2.36. The Morgan fingerprint density at radius 1 is 1.05 bits per heavy atom. The number of aliphatic carboxylic acids is 1. The fourth-order valence-electron chi connectivity index (χ4n) is 5.98. The molecule has 210 valence electrons. The highest BCUT2D eigenvalue weighted by Gasteiger charge is 2.52. The largest absolute Gasteiger partial charge is 0.487 e. The first-order valence-electron chi connectivity index (χ1n) is 13.5.